The van der Waals surface area contributed by atoms with Gasteiger partial charge in [0.1, 0.15) is 23.7 Å². The van der Waals surface area contributed by atoms with Crippen molar-refractivity contribution in [3.63, 3.8) is 0 Å². The number of rotatable bonds is 8. The SMILES string of the molecule is CC#N.Cc1noc(C)c1-c1c[nH]c(=O)c(N)c1.Cc1noc(C)c1-c1cc(N)c(=O)n(Cc2ccc(C3CO3)cc2)c1.ClCc1ccc(C2CO2)cc1.O=CO[O-].[H-].[K+].[K+]. The number of alkyl halides is 1. The molecule has 306 valence electrons. The minimum absolute atomic E-state index is 0. The van der Waals surface area contributed by atoms with Gasteiger partial charge in [-0.3, -0.25) is 14.4 Å². The van der Waals surface area contributed by atoms with Gasteiger partial charge in [-0.2, -0.15) is 5.26 Å². The van der Waals surface area contributed by atoms with E-state index in [1.165, 1.54) is 18.1 Å². The van der Waals surface area contributed by atoms with Crippen molar-refractivity contribution in [2.75, 3.05) is 24.7 Å². The normalized spacial score (nSPS) is 13.8. The summed E-state index contributed by atoms with van der Waals surface area (Å²) in [6.07, 6.45) is 4.00. The number of nitrogens with two attached hydrogens (primary N) is 2. The molecule has 2 saturated heterocycles. The van der Waals surface area contributed by atoms with Crippen molar-refractivity contribution in [1.29, 1.82) is 5.26 Å². The number of aromatic nitrogens is 4. The molecule has 0 saturated carbocycles. The monoisotopic (exact) mass is 891 g/mol. The number of H-pyrrole nitrogens is 1. The number of hydrogen-bond acceptors (Lipinski definition) is 14. The van der Waals surface area contributed by atoms with E-state index in [1.54, 1.807) is 29.0 Å². The molecule has 0 spiro atoms. The van der Waals surface area contributed by atoms with Crippen LogP contribution in [0.2, 0.25) is 0 Å². The number of halogens is 1. The number of aromatic amines is 1. The molecule has 2 fully saturated rings. The van der Waals surface area contributed by atoms with Gasteiger partial charge in [-0.15, -0.1) is 11.6 Å². The summed E-state index contributed by atoms with van der Waals surface area (Å²) < 4.78 is 22.3. The fraction of sp³-hybridized carbons (Fsp3) is 0.268. The van der Waals surface area contributed by atoms with E-state index in [2.05, 4.69) is 32.3 Å². The predicted octanol–water partition coefficient (Wildman–Crippen LogP) is -0.367. The van der Waals surface area contributed by atoms with Crippen molar-refractivity contribution in [1.82, 2.24) is 19.9 Å². The molecule has 2 aromatic carbocycles. The van der Waals surface area contributed by atoms with Crippen molar-refractivity contribution in [3.8, 4) is 28.3 Å². The van der Waals surface area contributed by atoms with Crippen LogP contribution in [0.3, 0.4) is 0 Å². The topological polar surface area (TPSA) is 257 Å². The second-order valence-corrected chi connectivity index (χ2v) is 13.1. The number of anilines is 2. The van der Waals surface area contributed by atoms with Crippen molar-refractivity contribution < 1.29 is 138 Å². The number of hydrogen-bond donors (Lipinski definition) is 3. The van der Waals surface area contributed by atoms with Crippen LogP contribution in [0.5, 0.6) is 0 Å². The molecular formula is C41H44ClK2N7O9. The van der Waals surface area contributed by atoms with Gasteiger partial charge in [-0.05, 0) is 62.1 Å². The van der Waals surface area contributed by atoms with E-state index >= 15 is 0 Å². The molecular weight excluding hydrogens is 848 g/mol. The summed E-state index contributed by atoms with van der Waals surface area (Å²) in [5, 5.41) is 23.6. The van der Waals surface area contributed by atoms with Gasteiger partial charge < -0.3 is 51.1 Å². The van der Waals surface area contributed by atoms with Gasteiger partial charge in [0.05, 0.1) is 48.6 Å². The molecule has 0 radical (unpaired) electrons. The van der Waals surface area contributed by atoms with Crippen LogP contribution in [0.4, 0.5) is 11.4 Å². The van der Waals surface area contributed by atoms with Crippen molar-refractivity contribution >= 4 is 29.4 Å². The van der Waals surface area contributed by atoms with E-state index in [9.17, 15) is 9.59 Å². The first-order valence-corrected chi connectivity index (χ1v) is 18.2. The van der Waals surface area contributed by atoms with Gasteiger partial charge in [0.25, 0.3) is 17.6 Å². The van der Waals surface area contributed by atoms with Gasteiger partial charge >= 0.3 is 103 Å². The molecule has 16 nitrogen and oxygen atoms in total. The van der Waals surface area contributed by atoms with Gasteiger partial charge in [-0.25, -0.2) is 0 Å². The number of carbonyl (C=O) groups excluding carboxylic acids is 1. The molecule has 60 heavy (non-hydrogen) atoms. The van der Waals surface area contributed by atoms with Crippen LogP contribution in [-0.2, 0) is 31.6 Å². The Kier molecular flexibility index (Phi) is 23.2. The van der Waals surface area contributed by atoms with Crippen LogP contribution in [-0.4, -0.2) is 39.6 Å². The molecule has 2 atom stereocenters. The van der Waals surface area contributed by atoms with Gasteiger partial charge in [-0.1, -0.05) is 58.8 Å². The number of nitrogens with zero attached hydrogens (tertiary/aromatic N) is 4. The molecule has 5 N–H and O–H groups in total. The third kappa shape index (κ3) is 15.6. The molecule has 8 rings (SSSR count). The van der Waals surface area contributed by atoms with Crippen molar-refractivity contribution in [3.05, 3.63) is 139 Å². The average molecular weight is 892 g/mol. The molecule has 6 heterocycles. The maximum atomic E-state index is 12.4. The summed E-state index contributed by atoms with van der Waals surface area (Å²) in [4.78, 5) is 37.3. The molecule has 0 amide bonds. The molecule has 19 heteroatoms. The summed E-state index contributed by atoms with van der Waals surface area (Å²) in [7, 11) is 0. The van der Waals surface area contributed by atoms with E-state index in [0.29, 0.717) is 30.0 Å². The predicted molar refractivity (Wildman–Crippen MR) is 215 cm³/mol. The molecule has 0 aliphatic carbocycles. The molecule has 4 aromatic heterocycles. The Bertz CT molecular complexity index is 2410. The third-order valence-corrected chi connectivity index (χ3v) is 8.91. The fourth-order valence-corrected chi connectivity index (χ4v) is 5.86. The number of benzene rings is 2. The van der Waals surface area contributed by atoms with Crippen LogP contribution >= 0.6 is 11.6 Å². The molecule has 2 aliphatic heterocycles. The fourth-order valence-electron chi connectivity index (χ4n) is 5.69. The van der Waals surface area contributed by atoms with Crippen LogP contribution in [0.15, 0.2) is 91.7 Å². The Balaban J connectivity index is 0.000000443. The van der Waals surface area contributed by atoms with E-state index in [-0.39, 0.29) is 139 Å². The molecule has 2 aliphatic rings. The third-order valence-electron chi connectivity index (χ3n) is 8.61. The first-order valence-electron chi connectivity index (χ1n) is 17.7. The molecule has 2 unspecified atom stereocenters. The Labute approximate surface area is 437 Å². The minimum Gasteiger partial charge on any atom is -1.00 e. The van der Waals surface area contributed by atoms with E-state index in [0.717, 1.165) is 58.0 Å². The Morgan fingerprint density at radius 1 is 0.883 bits per heavy atom. The number of aryl methyl sites for hydroxylation is 4. The number of ether oxygens (including phenoxy) is 2. The van der Waals surface area contributed by atoms with Crippen LogP contribution in [0, 0.1) is 39.0 Å². The minimum atomic E-state index is -0.287. The largest absolute Gasteiger partial charge is 1.00 e. The number of carbonyl (C=O) groups is 1. The number of nitrogens with one attached hydrogen (secondary N) is 1. The van der Waals surface area contributed by atoms with Crippen LogP contribution in [0.25, 0.3) is 22.3 Å². The smallest absolute Gasteiger partial charge is 1.00 e. The second kappa shape index (κ2) is 26.3. The van der Waals surface area contributed by atoms with Crippen molar-refractivity contribution in [2.45, 2.75) is 59.3 Å². The zero-order valence-corrected chi connectivity index (χ0v) is 41.5. The number of nitrogen functional groups attached to an aromatic ring is 2. The van der Waals surface area contributed by atoms with Crippen LogP contribution in [0.1, 0.15) is 65.7 Å². The summed E-state index contributed by atoms with van der Waals surface area (Å²) >= 11 is 5.64. The maximum Gasteiger partial charge on any atom is 1.00 e. The van der Waals surface area contributed by atoms with Crippen molar-refractivity contribution in [2.24, 2.45) is 0 Å². The summed E-state index contributed by atoms with van der Waals surface area (Å²) in [6.45, 7) is 10.7. The molecule has 0 bridgehead atoms. The summed E-state index contributed by atoms with van der Waals surface area (Å²) in [5.41, 5.74) is 21.0. The first-order chi connectivity index (χ1) is 27.8. The maximum absolute atomic E-state index is 12.4. The molecule has 6 aromatic rings. The Morgan fingerprint density at radius 3 is 1.70 bits per heavy atom. The second-order valence-electron chi connectivity index (χ2n) is 12.9. The summed E-state index contributed by atoms with van der Waals surface area (Å²) in [6, 6.07) is 21.4. The van der Waals surface area contributed by atoms with Gasteiger partial charge in [0.15, 0.2) is 0 Å². The van der Waals surface area contributed by atoms with Gasteiger partial charge in [0, 0.05) is 47.5 Å². The summed E-state index contributed by atoms with van der Waals surface area (Å²) in [5.74, 6) is 2.00. The van der Waals surface area contributed by atoms with E-state index in [1.807, 2.05) is 70.3 Å². The Hall–Kier alpha value is -3.24. The Morgan fingerprint density at radius 2 is 1.32 bits per heavy atom. The van der Waals surface area contributed by atoms with E-state index in [4.69, 9.17) is 56.9 Å². The zero-order valence-electron chi connectivity index (χ0n) is 35.5. The first kappa shape index (κ1) is 52.9. The number of epoxide rings is 2. The zero-order chi connectivity index (χ0) is 42.4. The number of nitriles is 1. The quantitative estimate of drug-likeness (QED) is 0.0441. The standard InChI is InChI=1S/C19H19N3O3.C10H11N3O2.C9H9ClO.C2H3N.CH2O3.2K.H/c1-11-18(12(2)25-21-11)15-7-16(20)19(23)22(9-15)8-13-3-5-14(6-4-13)17-10-24-17;1-5-9(6(2)15-13-5)7-3-8(11)10(14)12-4-7;10-5-7-1-3-8(4-2-7)9-6-11-9;1-2-3;2-1-4-3;;;/h3-7,9,17H,8,10,20H2,1-2H3;3-4H,11H2,1-2H3,(H,12,14);1-4,9H,5-6H2;1H3;1,3H;;;/q;;;;;2*+1;-1/p-1. The van der Waals surface area contributed by atoms with Crippen LogP contribution < -0.4 is 131 Å². The van der Waals surface area contributed by atoms with E-state index < -0.39 is 0 Å². The number of pyridine rings is 2. The van der Waals surface area contributed by atoms with Gasteiger partial charge in [0.2, 0.25) is 0 Å². The average Bonchev–Trinajstić information content (AvgIpc) is 4.17.